The lowest BCUT2D eigenvalue weighted by Gasteiger charge is -2.05. The van der Waals surface area contributed by atoms with Gasteiger partial charge in [-0.15, -0.1) is 0 Å². The van der Waals surface area contributed by atoms with E-state index in [9.17, 15) is 14.5 Å². The van der Waals surface area contributed by atoms with Crippen LogP contribution in [-0.4, -0.2) is 18.2 Å². The summed E-state index contributed by atoms with van der Waals surface area (Å²) in [7, 11) is 0. The zero-order chi connectivity index (χ0) is 12.0. The number of nitrogens with zero attached hydrogens (tertiary/aromatic N) is 2. The molecule has 0 spiro atoms. The molecule has 16 heavy (non-hydrogen) atoms. The van der Waals surface area contributed by atoms with Crippen molar-refractivity contribution in [3.8, 4) is 11.8 Å². The van der Waals surface area contributed by atoms with Crippen LogP contribution in [0.5, 0.6) is 5.75 Å². The van der Waals surface area contributed by atoms with Crippen molar-refractivity contribution in [3.05, 3.63) is 33.9 Å². The lowest BCUT2D eigenvalue weighted by Crippen LogP contribution is -2.01. The monoisotopic (exact) mass is 224 g/mol. The number of hydrogen-bond donors (Lipinski definition) is 0. The average molecular weight is 224 g/mol. The second kappa shape index (κ2) is 5.66. The van der Waals surface area contributed by atoms with Crippen molar-refractivity contribution in [1.82, 2.24) is 0 Å². The number of halogens is 1. The third-order valence-electron chi connectivity index (χ3n) is 1.82. The van der Waals surface area contributed by atoms with Gasteiger partial charge in [-0.2, -0.15) is 5.26 Å². The minimum Gasteiger partial charge on any atom is -0.487 e. The zero-order valence-corrected chi connectivity index (χ0v) is 8.35. The summed E-state index contributed by atoms with van der Waals surface area (Å²) in [5.74, 6) is 0.0532. The maximum atomic E-state index is 11.8. The number of nitriles is 1. The Kier molecular flexibility index (Phi) is 4.21. The van der Waals surface area contributed by atoms with Crippen LogP contribution in [0.2, 0.25) is 0 Å². The molecule has 1 aromatic carbocycles. The van der Waals surface area contributed by atoms with Gasteiger partial charge in [-0.1, -0.05) is 0 Å². The second-order valence-corrected chi connectivity index (χ2v) is 2.94. The Morgan fingerprint density at radius 1 is 1.56 bits per heavy atom. The van der Waals surface area contributed by atoms with E-state index in [2.05, 4.69) is 0 Å². The molecular formula is C10H9FN2O3. The SMILES string of the molecule is N#Cc1ccc(OCCCF)c([N+](=O)[O-])c1. The molecule has 0 heterocycles. The smallest absolute Gasteiger partial charge is 0.312 e. The fraction of sp³-hybridized carbons (Fsp3) is 0.300. The van der Waals surface area contributed by atoms with Crippen LogP contribution < -0.4 is 4.74 Å². The van der Waals surface area contributed by atoms with E-state index >= 15 is 0 Å². The maximum absolute atomic E-state index is 11.8. The van der Waals surface area contributed by atoms with Crippen LogP contribution in [0.1, 0.15) is 12.0 Å². The largest absolute Gasteiger partial charge is 0.487 e. The van der Waals surface area contributed by atoms with Gasteiger partial charge in [0.05, 0.1) is 29.8 Å². The Hall–Kier alpha value is -2.16. The summed E-state index contributed by atoms with van der Waals surface area (Å²) >= 11 is 0. The lowest BCUT2D eigenvalue weighted by molar-refractivity contribution is -0.385. The fourth-order valence-electron chi connectivity index (χ4n) is 1.09. The van der Waals surface area contributed by atoms with Gasteiger partial charge in [0, 0.05) is 12.5 Å². The number of rotatable bonds is 5. The van der Waals surface area contributed by atoms with Gasteiger partial charge in [-0.05, 0) is 12.1 Å². The topological polar surface area (TPSA) is 76.2 Å². The van der Waals surface area contributed by atoms with Gasteiger partial charge in [0.2, 0.25) is 0 Å². The molecule has 0 aromatic heterocycles. The number of ether oxygens (including phenoxy) is 1. The highest BCUT2D eigenvalue weighted by molar-refractivity contribution is 5.51. The third-order valence-corrected chi connectivity index (χ3v) is 1.82. The summed E-state index contributed by atoms with van der Waals surface area (Å²) in [5, 5.41) is 19.3. The van der Waals surface area contributed by atoms with Crippen molar-refractivity contribution in [3.63, 3.8) is 0 Å². The summed E-state index contributed by atoms with van der Waals surface area (Å²) < 4.78 is 16.9. The van der Waals surface area contributed by atoms with E-state index in [4.69, 9.17) is 10.00 Å². The summed E-state index contributed by atoms with van der Waals surface area (Å²) in [4.78, 5) is 10.0. The number of hydrogen-bond acceptors (Lipinski definition) is 4. The third kappa shape index (κ3) is 2.92. The molecule has 0 aliphatic rings. The highest BCUT2D eigenvalue weighted by Gasteiger charge is 2.15. The van der Waals surface area contributed by atoms with E-state index in [1.807, 2.05) is 0 Å². The van der Waals surface area contributed by atoms with Crippen molar-refractivity contribution in [2.45, 2.75) is 6.42 Å². The Morgan fingerprint density at radius 3 is 2.88 bits per heavy atom. The van der Waals surface area contributed by atoms with E-state index in [0.717, 1.165) is 6.07 Å². The van der Waals surface area contributed by atoms with E-state index in [1.165, 1.54) is 12.1 Å². The zero-order valence-electron chi connectivity index (χ0n) is 8.35. The molecule has 0 fully saturated rings. The fourth-order valence-corrected chi connectivity index (χ4v) is 1.09. The van der Waals surface area contributed by atoms with Gasteiger partial charge in [0.1, 0.15) is 0 Å². The van der Waals surface area contributed by atoms with Crippen LogP contribution in [0, 0.1) is 21.4 Å². The Labute approximate surface area is 91.2 Å². The van der Waals surface area contributed by atoms with E-state index in [1.54, 1.807) is 6.07 Å². The molecular weight excluding hydrogens is 215 g/mol. The van der Waals surface area contributed by atoms with Gasteiger partial charge in [0.15, 0.2) is 5.75 Å². The Morgan fingerprint density at radius 2 is 2.31 bits per heavy atom. The first kappa shape index (κ1) is 11.9. The first-order valence-electron chi connectivity index (χ1n) is 4.56. The standard InChI is InChI=1S/C10H9FN2O3/c11-4-1-5-16-10-3-2-8(7-12)6-9(10)13(14)15/h2-3,6H,1,4-5H2. The number of benzene rings is 1. The molecule has 0 saturated carbocycles. The van der Waals surface area contributed by atoms with Crippen LogP contribution in [0.3, 0.4) is 0 Å². The molecule has 0 amide bonds. The number of nitro groups is 1. The number of alkyl halides is 1. The van der Waals surface area contributed by atoms with E-state index in [0.29, 0.717) is 0 Å². The van der Waals surface area contributed by atoms with Crippen LogP contribution in [0.15, 0.2) is 18.2 Å². The molecule has 0 unspecified atom stereocenters. The minimum absolute atomic E-state index is 0.0532. The summed E-state index contributed by atoms with van der Waals surface area (Å²) in [6.07, 6.45) is 0.178. The van der Waals surface area contributed by atoms with Crippen molar-refractivity contribution in [1.29, 1.82) is 5.26 Å². The van der Waals surface area contributed by atoms with Crippen molar-refractivity contribution >= 4 is 5.69 Å². The first-order chi connectivity index (χ1) is 7.69. The van der Waals surface area contributed by atoms with Gasteiger partial charge < -0.3 is 4.74 Å². The van der Waals surface area contributed by atoms with E-state index < -0.39 is 11.6 Å². The second-order valence-electron chi connectivity index (χ2n) is 2.94. The lowest BCUT2D eigenvalue weighted by atomic mass is 10.2. The van der Waals surface area contributed by atoms with Crippen molar-refractivity contribution in [2.75, 3.05) is 13.3 Å². The van der Waals surface area contributed by atoms with E-state index in [-0.39, 0.29) is 30.0 Å². The highest BCUT2D eigenvalue weighted by Crippen LogP contribution is 2.27. The molecule has 0 bridgehead atoms. The van der Waals surface area contributed by atoms with Crippen molar-refractivity contribution in [2.24, 2.45) is 0 Å². The normalized spacial score (nSPS) is 9.50. The predicted molar refractivity (Wildman–Crippen MR) is 53.9 cm³/mol. The van der Waals surface area contributed by atoms with Gasteiger partial charge in [-0.3, -0.25) is 14.5 Å². The van der Waals surface area contributed by atoms with Crippen LogP contribution in [-0.2, 0) is 0 Å². The summed E-state index contributed by atoms with van der Waals surface area (Å²) in [6, 6.07) is 5.68. The molecule has 0 aliphatic carbocycles. The van der Waals surface area contributed by atoms with Gasteiger partial charge >= 0.3 is 5.69 Å². The maximum Gasteiger partial charge on any atom is 0.312 e. The molecule has 1 rings (SSSR count). The Bertz CT molecular complexity index is 429. The molecule has 0 radical (unpaired) electrons. The van der Waals surface area contributed by atoms with Crippen LogP contribution in [0.4, 0.5) is 10.1 Å². The van der Waals surface area contributed by atoms with Gasteiger partial charge in [-0.25, -0.2) is 0 Å². The molecule has 0 aliphatic heterocycles. The van der Waals surface area contributed by atoms with Crippen molar-refractivity contribution < 1.29 is 14.1 Å². The molecule has 0 N–H and O–H groups in total. The summed E-state index contributed by atoms with van der Waals surface area (Å²) in [6.45, 7) is -0.465. The molecule has 1 aromatic rings. The molecule has 84 valence electrons. The molecule has 0 saturated heterocycles. The number of nitro benzene ring substituents is 1. The highest BCUT2D eigenvalue weighted by atomic mass is 19.1. The summed E-state index contributed by atoms with van der Waals surface area (Å²) in [5.41, 5.74) is -0.0950. The Balaban J connectivity index is 2.91. The van der Waals surface area contributed by atoms with Crippen LogP contribution in [0.25, 0.3) is 0 Å². The average Bonchev–Trinajstić information content (AvgIpc) is 2.29. The molecule has 5 nitrogen and oxygen atoms in total. The predicted octanol–water partition coefficient (Wildman–Crippen LogP) is 2.20. The molecule has 6 heteroatoms. The van der Waals surface area contributed by atoms with Gasteiger partial charge in [0.25, 0.3) is 0 Å². The quantitative estimate of drug-likeness (QED) is 0.436. The van der Waals surface area contributed by atoms with Crippen LogP contribution >= 0.6 is 0 Å². The first-order valence-corrected chi connectivity index (χ1v) is 4.56. The minimum atomic E-state index is -0.633. The molecule has 0 atom stereocenters.